The largest absolute Gasteiger partial charge is 0.397 e. The first kappa shape index (κ1) is 13.2. The van der Waals surface area contributed by atoms with Gasteiger partial charge in [-0.05, 0) is 37.5 Å². The zero-order chi connectivity index (χ0) is 13.0. The van der Waals surface area contributed by atoms with E-state index in [0.717, 1.165) is 37.3 Å². The highest BCUT2D eigenvalue weighted by Crippen LogP contribution is 2.27. The van der Waals surface area contributed by atoms with Crippen molar-refractivity contribution in [3.05, 3.63) is 23.8 Å². The average Bonchev–Trinajstić information content (AvgIpc) is 2.40. The molecule has 100 valence electrons. The first-order valence-electron chi connectivity index (χ1n) is 6.54. The van der Waals surface area contributed by atoms with Crippen LogP contribution in [0.4, 0.5) is 11.4 Å². The van der Waals surface area contributed by atoms with E-state index < -0.39 is 0 Å². The number of aliphatic hydroxyl groups is 1. The predicted octanol–water partition coefficient (Wildman–Crippen LogP) is 1.55. The quantitative estimate of drug-likeness (QED) is 0.796. The van der Waals surface area contributed by atoms with Crippen molar-refractivity contribution in [3.63, 3.8) is 0 Å². The topological polar surface area (TPSA) is 58.7 Å². The summed E-state index contributed by atoms with van der Waals surface area (Å²) in [6.45, 7) is 4.55. The second kappa shape index (κ2) is 6.07. The molecule has 0 aliphatic carbocycles. The minimum absolute atomic E-state index is 0.102. The fourth-order valence-corrected chi connectivity index (χ4v) is 2.41. The first-order chi connectivity index (χ1) is 8.70. The summed E-state index contributed by atoms with van der Waals surface area (Å²) in [6, 6.07) is 6.15. The fraction of sp³-hybridized carbons (Fsp3) is 0.571. The van der Waals surface area contributed by atoms with E-state index in [1.165, 1.54) is 5.56 Å². The molecule has 1 aliphatic heterocycles. The van der Waals surface area contributed by atoms with Crippen LogP contribution >= 0.6 is 0 Å². The smallest absolute Gasteiger partial charge is 0.0701 e. The molecule has 0 radical (unpaired) electrons. The van der Waals surface area contributed by atoms with E-state index in [0.29, 0.717) is 6.61 Å². The Balaban J connectivity index is 1.94. The van der Waals surface area contributed by atoms with Gasteiger partial charge in [-0.25, -0.2) is 0 Å². The van der Waals surface area contributed by atoms with Gasteiger partial charge in [0.25, 0.3) is 0 Å². The molecule has 1 fully saturated rings. The lowest BCUT2D eigenvalue weighted by Gasteiger charge is -2.34. The molecule has 1 aromatic carbocycles. The van der Waals surface area contributed by atoms with Crippen LogP contribution < -0.4 is 10.6 Å². The Morgan fingerprint density at radius 1 is 1.39 bits per heavy atom. The van der Waals surface area contributed by atoms with Gasteiger partial charge >= 0.3 is 0 Å². The summed E-state index contributed by atoms with van der Waals surface area (Å²) in [7, 11) is 0. The highest BCUT2D eigenvalue weighted by molar-refractivity contribution is 5.68. The van der Waals surface area contributed by atoms with Gasteiger partial charge in [0.05, 0.1) is 30.7 Å². The van der Waals surface area contributed by atoms with Gasteiger partial charge < -0.3 is 20.5 Å². The molecule has 0 unspecified atom stereocenters. The van der Waals surface area contributed by atoms with Crippen molar-refractivity contribution in [2.24, 2.45) is 0 Å². The summed E-state index contributed by atoms with van der Waals surface area (Å²) in [6.07, 6.45) is 2.26. The molecule has 1 aliphatic rings. The number of aryl methyl sites for hydroxylation is 1. The van der Waals surface area contributed by atoms with Crippen molar-refractivity contribution < 1.29 is 9.84 Å². The molecule has 0 aromatic heterocycles. The third kappa shape index (κ3) is 3.15. The number of hydrogen-bond donors (Lipinski definition) is 2. The van der Waals surface area contributed by atoms with Crippen LogP contribution in [0.15, 0.2) is 18.2 Å². The summed E-state index contributed by atoms with van der Waals surface area (Å²) < 4.78 is 5.56. The van der Waals surface area contributed by atoms with E-state index in [-0.39, 0.29) is 12.7 Å². The maximum absolute atomic E-state index is 8.74. The van der Waals surface area contributed by atoms with E-state index in [1.54, 1.807) is 0 Å². The molecular formula is C14H22N2O2. The summed E-state index contributed by atoms with van der Waals surface area (Å²) in [5.41, 5.74) is 9.24. The molecule has 0 bridgehead atoms. The van der Waals surface area contributed by atoms with Gasteiger partial charge in [-0.3, -0.25) is 0 Å². The van der Waals surface area contributed by atoms with Gasteiger partial charge in [0, 0.05) is 13.1 Å². The van der Waals surface area contributed by atoms with Crippen LogP contribution in [0, 0.1) is 6.92 Å². The monoisotopic (exact) mass is 250 g/mol. The minimum atomic E-state index is 0.102. The Labute approximate surface area is 108 Å². The van der Waals surface area contributed by atoms with Gasteiger partial charge in [0.15, 0.2) is 0 Å². The molecule has 1 saturated heterocycles. The molecule has 2 rings (SSSR count). The summed E-state index contributed by atoms with van der Waals surface area (Å²) in [4.78, 5) is 2.32. The average molecular weight is 250 g/mol. The van der Waals surface area contributed by atoms with Crippen molar-refractivity contribution in [2.75, 3.05) is 36.9 Å². The van der Waals surface area contributed by atoms with E-state index >= 15 is 0 Å². The lowest BCUT2D eigenvalue weighted by molar-refractivity contribution is 0.0159. The summed E-state index contributed by atoms with van der Waals surface area (Å²) in [5.74, 6) is 0. The van der Waals surface area contributed by atoms with Gasteiger partial charge in [-0.1, -0.05) is 6.07 Å². The normalized spacial score (nSPS) is 17.1. The molecular weight excluding hydrogens is 228 g/mol. The summed E-state index contributed by atoms with van der Waals surface area (Å²) >= 11 is 0. The molecule has 4 heteroatoms. The highest BCUT2D eigenvalue weighted by Gasteiger charge is 2.20. The number of benzene rings is 1. The Kier molecular flexibility index (Phi) is 4.44. The second-order valence-electron chi connectivity index (χ2n) is 4.84. The van der Waals surface area contributed by atoms with E-state index in [4.69, 9.17) is 15.6 Å². The van der Waals surface area contributed by atoms with Crippen molar-refractivity contribution in [1.82, 2.24) is 0 Å². The molecule has 4 nitrogen and oxygen atoms in total. The van der Waals surface area contributed by atoms with Crippen molar-refractivity contribution in [2.45, 2.75) is 25.9 Å². The van der Waals surface area contributed by atoms with Crippen LogP contribution in [0.2, 0.25) is 0 Å². The molecule has 1 heterocycles. The predicted molar refractivity (Wildman–Crippen MR) is 73.9 cm³/mol. The molecule has 3 N–H and O–H groups in total. The maximum atomic E-state index is 8.74. The van der Waals surface area contributed by atoms with Crippen LogP contribution in [0.1, 0.15) is 18.4 Å². The number of rotatable bonds is 4. The van der Waals surface area contributed by atoms with Crippen LogP contribution in [0.25, 0.3) is 0 Å². The molecule has 0 atom stereocenters. The standard InChI is InChI=1S/C14H22N2O2/c1-11-2-3-13(15)14(10-11)16-6-4-12(5-7-16)18-9-8-17/h2-3,10,12,17H,4-9,15H2,1H3. The Morgan fingerprint density at radius 2 is 2.11 bits per heavy atom. The van der Waals surface area contributed by atoms with Gasteiger partial charge in [0.1, 0.15) is 0 Å². The zero-order valence-corrected chi connectivity index (χ0v) is 10.9. The Hall–Kier alpha value is -1.26. The third-order valence-electron chi connectivity index (χ3n) is 3.41. The van der Waals surface area contributed by atoms with E-state index in [1.807, 2.05) is 12.1 Å². The number of nitrogen functional groups attached to an aromatic ring is 1. The Morgan fingerprint density at radius 3 is 2.78 bits per heavy atom. The van der Waals surface area contributed by atoms with Crippen molar-refractivity contribution in [3.8, 4) is 0 Å². The van der Waals surface area contributed by atoms with Crippen LogP contribution in [-0.4, -0.2) is 37.5 Å². The number of nitrogens with zero attached hydrogens (tertiary/aromatic N) is 1. The molecule has 0 saturated carbocycles. The van der Waals surface area contributed by atoms with Gasteiger partial charge in [0.2, 0.25) is 0 Å². The highest BCUT2D eigenvalue weighted by atomic mass is 16.5. The fourth-order valence-electron chi connectivity index (χ4n) is 2.41. The number of nitrogens with two attached hydrogens (primary N) is 1. The first-order valence-corrected chi connectivity index (χ1v) is 6.54. The molecule has 0 spiro atoms. The van der Waals surface area contributed by atoms with Crippen LogP contribution in [0.5, 0.6) is 0 Å². The van der Waals surface area contributed by atoms with Crippen molar-refractivity contribution in [1.29, 1.82) is 0 Å². The second-order valence-corrected chi connectivity index (χ2v) is 4.84. The molecule has 18 heavy (non-hydrogen) atoms. The molecule has 1 aromatic rings. The number of aliphatic hydroxyl groups excluding tert-OH is 1. The Bertz CT molecular complexity index is 387. The SMILES string of the molecule is Cc1ccc(N)c(N2CCC(OCCO)CC2)c1. The number of hydrogen-bond acceptors (Lipinski definition) is 4. The minimum Gasteiger partial charge on any atom is -0.397 e. The summed E-state index contributed by atoms with van der Waals surface area (Å²) in [5, 5.41) is 8.74. The van der Waals surface area contributed by atoms with E-state index in [2.05, 4.69) is 17.9 Å². The van der Waals surface area contributed by atoms with E-state index in [9.17, 15) is 0 Å². The van der Waals surface area contributed by atoms with Gasteiger partial charge in [-0.15, -0.1) is 0 Å². The third-order valence-corrected chi connectivity index (χ3v) is 3.41. The number of anilines is 2. The van der Waals surface area contributed by atoms with Crippen LogP contribution in [0.3, 0.4) is 0 Å². The maximum Gasteiger partial charge on any atom is 0.0701 e. The van der Waals surface area contributed by atoms with Crippen molar-refractivity contribution >= 4 is 11.4 Å². The lowest BCUT2D eigenvalue weighted by Crippen LogP contribution is -2.37. The number of piperidine rings is 1. The molecule has 0 amide bonds. The lowest BCUT2D eigenvalue weighted by atomic mass is 10.1. The van der Waals surface area contributed by atoms with Crippen LogP contribution in [-0.2, 0) is 4.74 Å². The number of ether oxygens (including phenoxy) is 1. The zero-order valence-electron chi connectivity index (χ0n) is 10.9. The van der Waals surface area contributed by atoms with Gasteiger partial charge in [-0.2, -0.15) is 0 Å².